The second-order valence-electron chi connectivity index (χ2n) is 5.03. The van der Waals surface area contributed by atoms with Crippen LogP contribution in [0.4, 0.5) is 0 Å². The highest BCUT2D eigenvalue weighted by Gasteiger charge is 2.16. The summed E-state index contributed by atoms with van der Waals surface area (Å²) in [5.74, 6) is -0.365. The summed E-state index contributed by atoms with van der Waals surface area (Å²) in [4.78, 5) is 17.3. The summed E-state index contributed by atoms with van der Waals surface area (Å²) in [7, 11) is 1.37. The number of hydrogen-bond acceptors (Lipinski definition) is 4. The molecule has 4 heteroatoms. The summed E-state index contributed by atoms with van der Waals surface area (Å²) in [6.07, 6.45) is 1.74. The number of hydrogen-bond donors (Lipinski definition) is 0. The van der Waals surface area contributed by atoms with E-state index in [1.165, 1.54) is 7.11 Å². The molecule has 22 heavy (non-hydrogen) atoms. The third-order valence-electron chi connectivity index (χ3n) is 3.42. The van der Waals surface area contributed by atoms with Crippen molar-refractivity contribution >= 4 is 17.3 Å². The minimum Gasteiger partial charge on any atom is -0.465 e. The highest BCUT2D eigenvalue weighted by molar-refractivity contribution is 6.16. The summed E-state index contributed by atoms with van der Waals surface area (Å²) in [6, 6.07) is 5.76. The van der Waals surface area contributed by atoms with Crippen molar-refractivity contribution < 1.29 is 14.4 Å². The average Bonchev–Trinajstić information content (AvgIpc) is 2.49. The van der Waals surface area contributed by atoms with Gasteiger partial charge in [-0.15, -0.1) is 0 Å². The van der Waals surface area contributed by atoms with Gasteiger partial charge in [0.1, 0.15) is 6.61 Å². The Morgan fingerprint density at radius 1 is 1.36 bits per heavy atom. The molecule has 0 heterocycles. The van der Waals surface area contributed by atoms with E-state index in [9.17, 15) is 4.79 Å². The lowest BCUT2D eigenvalue weighted by molar-refractivity contribution is -0.133. The number of oxime groups is 1. The number of esters is 1. The lowest BCUT2D eigenvalue weighted by Crippen LogP contribution is -2.08. The largest absolute Gasteiger partial charge is 0.465 e. The molecule has 0 spiro atoms. The maximum absolute atomic E-state index is 11.9. The van der Waals surface area contributed by atoms with Crippen LogP contribution in [-0.2, 0) is 21.0 Å². The molecule has 0 fully saturated rings. The van der Waals surface area contributed by atoms with Gasteiger partial charge in [-0.05, 0) is 44.4 Å². The highest BCUT2D eigenvalue weighted by atomic mass is 16.6. The zero-order chi connectivity index (χ0) is 16.7. The van der Waals surface area contributed by atoms with Crippen molar-refractivity contribution in [3.8, 4) is 0 Å². The van der Waals surface area contributed by atoms with E-state index in [4.69, 9.17) is 9.57 Å². The number of carbonyl (C=O) groups excluding carboxylic acids is 1. The van der Waals surface area contributed by atoms with E-state index < -0.39 is 0 Å². The van der Waals surface area contributed by atoms with Gasteiger partial charge in [0.25, 0.3) is 0 Å². The normalized spacial score (nSPS) is 12.0. The topological polar surface area (TPSA) is 47.9 Å². The fourth-order valence-corrected chi connectivity index (χ4v) is 1.91. The van der Waals surface area contributed by atoms with E-state index in [1.54, 1.807) is 6.08 Å². The molecule has 0 unspecified atom stereocenters. The maximum Gasteiger partial charge on any atom is 0.338 e. The number of nitrogens with zero attached hydrogens (tertiary/aromatic N) is 1. The van der Waals surface area contributed by atoms with Gasteiger partial charge in [0, 0.05) is 5.56 Å². The Morgan fingerprint density at radius 3 is 2.59 bits per heavy atom. The maximum atomic E-state index is 11.9. The highest BCUT2D eigenvalue weighted by Crippen LogP contribution is 2.24. The van der Waals surface area contributed by atoms with Gasteiger partial charge in [-0.25, -0.2) is 4.79 Å². The second-order valence-corrected chi connectivity index (χ2v) is 5.03. The number of benzene rings is 1. The molecule has 0 aromatic heterocycles. The average molecular weight is 301 g/mol. The van der Waals surface area contributed by atoms with Crippen LogP contribution in [0.25, 0.3) is 5.57 Å². The molecule has 1 aromatic carbocycles. The van der Waals surface area contributed by atoms with Crippen LogP contribution in [0, 0.1) is 6.92 Å². The molecule has 4 nitrogen and oxygen atoms in total. The number of aryl methyl sites for hydroxylation is 1. The van der Waals surface area contributed by atoms with Gasteiger partial charge in [0.2, 0.25) is 0 Å². The van der Waals surface area contributed by atoms with Crippen LogP contribution in [0.5, 0.6) is 0 Å². The Kier molecular flexibility index (Phi) is 6.57. The zero-order valence-corrected chi connectivity index (χ0v) is 13.9. The number of rotatable bonds is 6. The van der Waals surface area contributed by atoms with Gasteiger partial charge >= 0.3 is 5.97 Å². The molecule has 0 saturated carbocycles. The summed E-state index contributed by atoms with van der Waals surface area (Å²) in [6.45, 7) is 11.6. The number of ether oxygens (including phenoxy) is 1. The SMILES string of the molecule is C=C(C)/C(C)=N\OCc1c(C)cccc1/C(=C\C)C(=O)OC. The quantitative estimate of drug-likeness (QED) is 0.345. The molecule has 0 aliphatic carbocycles. The first kappa shape index (κ1) is 17.7. The summed E-state index contributed by atoms with van der Waals surface area (Å²) in [5.41, 5.74) is 4.87. The molecule has 0 saturated heterocycles. The fraction of sp³-hybridized carbons (Fsp3) is 0.333. The smallest absolute Gasteiger partial charge is 0.338 e. The molecule has 0 aliphatic heterocycles. The number of carbonyl (C=O) groups is 1. The second kappa shape index (κ2) is 8.17. The van der Waals surface area contributed by atoms with E-state index in [1.807, 2.05) is 45.9 Å². The minimum atomic E-state index is -0.365. The molecule has 1 aromatic rings. The molecule has 0 aliphatic rings. The third kappa shape index (κ3) is 4.32. The van der Waals surface area contributed by atoms with Crippen molar-refractivity contribution in [1.29, 1.82) is 0 Å². The lowest BCUT2D eigenvalue weighted by atomic mass is 9.96. The molecule has 1 rings (SSSR count). The van der Waals surface area contributed by atoms with Crippen molar-refractivity contribution in [3.05, 3.63) is 53.1 Å². The van der Waals surface area contributed by atoms with Crippen LogP contribution in [0.15, 0.2) is 41.6 Å². The van der Waals surface area contributed by atoms with E-state index in [0.29, 0.717) is 5.57 Å². The Morgan fingerprint density at radius 2 is 2.05 bits per heavy atom. The molecule has 0 bridgehead atoms. The Bertz CT molecular complexity index is 627. The fourth-order valence-electron chi connectivity index (χ4n) is 1.91. The molecule has 118 valence electrons. The van der Waals surface area contributed by atoms with E-state index in [0.717, 1.165) is 28.0 Å². The van der Waals surface area contributed by atoms with Crippen molar-refractivity contribution in [1.82, 2.24) is 0 Å². The number of allylic oxidation sites excluding steroid dienone is 2. The third-order valence-corrected chi connectivity index (χ3v) is 3.42. The molecular formula is C18H23NO3. The first-order valence-corrected chi connectivity index (χ1v) is 7.08. The van der Waals surface area contributed by atoms with Gasteiger partial charge in [-0.2, -0.15) is 0 Å². The van der Waals surface area contributed by atoms with Gasteiger partial charge < -0.3 is 9.57 Å². The molecule has 0 atom stereocenters. The van der Waals surface area contributed by atoms with Crippen LogP contribution in [0.2, 0.25) is 0 Å². The monoisotopic (exact) mass is 301 g/mol. The standard InChI is InChI=1S/C18H23NO3/c1-7-15(18(20)21-6)16-10-8-9-13(4)17(16)11-22-19-14(5)12(2)3/h7-10H,2,11H2,1,3-6H3/b15-7+,19-14-. The van der Waals surface area contributed by atoms with E-state index in [2.05, 4.69) is 11.7 Å². The number of methoxy groups -OCH3 is 1. The van der Waals surface area contributed by atoms with Crippen LogP contribution in [0.1, 0.15) is 37.5 Å². The van der Waals surface area contributed by atoms with Crippen molar-refractivity contribution in [2.24, 2.45) is 5.16 Å². The molecule has 0 N–H and O–H groups in total. The van der Waals surface area contributed by atoms with Crippen LogP contribution in [0.3, 0.4) is 0 Å². The molecule has 0 radical (unpaired) electrons. The Balaban J connectivity index is 3.12. The Hall–Kier alpha value is -2.36. The van der Waals surface area contributed by atoms with Crippen LogP contribution in [-0.4, -0.2) is 18.8 Å². The van der Waals surface area contributed by atoms with Crippen molar-refractivity contribution in [2.75, 3.05) is 7.11 Å². The Labute approximate surface area is 132 Å². The first-order valence-electron chi connectivity index (χ1n) is 7.08. The van der Waals surface area contributed by atoms with Gasteiger partial charge in [0.05, 0.1) is 18.4 Å². The van der Waals surface area contributed by atoms with Gasteiger partial charge in [-0.3, -0.25) is 0 Å². The van der Waals surface area contributed by atoms with Crippen LogP contribution >= 0.6 is 0 Å². The summed E-state index contributed by atoms with van der Waals surface area (Å²) >= 11 is 0. The van der Waals surface area contributed by atoms with E-state index >= 15 is 0 Å². The summed E-state index contributed by atoms with van der Waals surface area (Å²) < 4.78 is 4.84. The van der Waals surface area contributed by atoms with Crippen molar-refractivity contribution in [2.45, 2.75) is 34.3 Å². The zero-order valence-electron chi connectivity index (χ0n) is 13.9. The predicted molar refractivity (Wildman–Crippen MR) is 89.6 cm³/mol. The van der Waals surface area contributed by atoms with Gasteiger partial charge in [-0.1, -0.05) is 36.0 Å². The molecular weight excluding hydrogens is 278 g/mol. The van der Waals surface area contributed by atoms with E-state index in [-0.39, 0.29) is 12.6 Å². The lowest BCUT2D eigenvalue weighted by Gasteiger charge is -2.13. The summed E-state index contributed by atoms with van der Waals surface area (Å²) in [5, 5.41) is 4.03. The van der Waals surface area contributed by atoms with Crippen molar-refractivity contribution in [3.63, 3.8) is 0 Å². The molecule has 0 amide bonds. The predicted octanol–water partition coefficient (Wildman–Crippen LogP) is 4.04. The first-order chi connectivity index (χ1) is 10.4. The minimum absolute atomic E-state index is 0.279. The van der Waals surface area contributed by atoms with Crippen LogP contribution < -0.4 is 0 Å². The van der Waals surface area contributed by atoms with Gasteiger partial charge in [0.15, 0.2) is 0 Å².